The summed E-state index contributed by atoms with van der Waals surface area (Å²) in [5, 5.41) is 6.60. The number of hydrogen-bond acceptors (Lipinski definition) is 4. The van der Waals surface area contributed by atoms with Crippen LogP contribution in [0.4, 0.5) is 0 Å². The lowest BCUT2D eigenvalue weighted by atomic mass is 10.2. The highest BCUT2D eigenvalue weighted by Gasteiger charge is 2.05. The first kappa shape index (κ1) is 18.6. The molecule has 0 aliphatic carbocycles. The molecule has 0 unspecified atom stereocenters. The van der Waals surface area contributed by atoms with Crippen LogP contribution < -0.4 is 20.1 Å². The number of nitrogens with one attached hydrogen (secondary N) is 2. The van der Waals surface area contributed by atoms with E-state index in [-0.39, 0.29) is 0 Å². The maximum absolute atomic E-state index is 5.33. The molecule has 0 spiro atoms. The number of thiophene rings is 1. The van der Waals surface area contributed by atoms with E-state index in [1.54, 1.807) is 25.6 Å². The molecular weight excluding hydrogens is 390 g/mol. The molecule has 1 heterocycles. The molecule has 0 amide bonds. The summed E-state index contributed by atoms with van der Waals surface area (Å²) < 4.78 is 11.7. The first-order valence-electron chi connectivity index (χ1n) is 7.63. The van der Waals surface area contributed by atoms with E-state index >= 15 is 0 Å². The molecule has 1 aromatic heterocycles. The number of benzene rings is 1. The van der Waals surface area contributed by atoms with Gasteiger partial charge in [0, 0.05) is 11.4 Å². The Labute approximate surface area is 155 Å². The minimum Gasteiger partial charge on any atom is -0.493 e. The monoisotopic (exact) mass is 411 g/mol. The Kier molecular flexibility index (Phi) is 7.39. The largest absolute Gasteiger partial charge is 0.493 e. The number of nitrogens with zero attached hydrogens (tertiary/aromatic N) is 1. The quantitative estimate of drug-likeness (QED) is 0.537. The third kappa shape index (κ3) is 5.42. The van der Waals surface area contributed by atoms with Crippen LogP contribution >= 0.6 is 27.3 Å². The van der Waals surface area contributed by atoms with Gasteiger partial charge in [0.25, 0.3) is 0 Å². The van der Waals surface area contributed by atoms with E-state index in [0.717, 1.165) is 34.1 Å². The lowest BCUT2D eigenvalue weighted by Gasteiger charge is -2.11. The van der Waals surface area contributed by atoms with Crippen molar-refractivity contribution >= 4 is 33.2 Å². The van der Waals surface area contributed by atoms with Gasteiger partial charge in [0.05, 0.1) is 31.1 Å². The van der Waals surface area contributed by atoms with Gasteiger partial charge in [0.2, 0.25) is 0 Å². The smallest absolute Gasteiger partial charge is 0.191 e. The van der Waals surface area contributed by atoms with E-state index in [9.17, 15) is 0 Å². The van der Waals surface area contributed by atoms with Crippen molar-refractivity contribution in [3.8, 4) is 11.5 Å². The molecule has 2 rings (SSSR count). The van der Waals surface area contributed by atoms with Gasteiger partial charge in [-0.1, -0.05) is 6.07 Å². The first-order valence-corrected chi connectivity index (χ1v) is 9.24. The third-order valence-electron chi connectivity index (χ3n) is 3.27. The minimum absolute atomic E-state index is 0.559. The van der Waals surface area contributed by atoms with Gasteiger partial charge in [-0.2, -0.15) is 0 Å². The summed E-state index contributed by atoms with van der Waals surface area (Å²) in [7, 11) is 3.27. The minimum atomic E-state index is 0.559. The summed E-state index contributed by atoms with van der Waals surface area (Å²) in [6.45, 7) is 4.17. The molecule has 7 heteroatoms. The lowest BCUT2D eigenvalue weighted by Crippen LogP contribution is -2.36. The summed E-state index contributed by atoms with van der Waals surface area (Å²) >= 11 is 5.19. The summed E-state index contributed by atoms with van der Waals surface area (Å²) in [4.78, 5) is 5.88. The van der Waals surface area contributed by atoms with Gasteiger partial charge < -0.3 is 20.1 Å². The number of hydrogen-bond donors (Lipinski definition) is 2. The van der Waals surface area contributed by atoms with Crippen LogP contribution in [-0.4, -0.2) is 26.7 Å². The van der Waals surface area contributed by atoms with Gasteiger partial charge in [-0.3, -0.25) is 0 Å². The molecule has 24 heavy (non-hydrogen) atoms. The second kappa shape index (κ2) is 9.54. The van der Waals surface area contributed by atoms with E-state index < -0.39 is 0 Å². The van der Waals surface area contributed by atoms with Gasteiger partial charge in [-0.05, 0) is 52.7 Å². The highest BCUT2D eigenvalue weighted by atomic mass is 79.9. The average Bonchev–Trinajstić information content (AvgIpc) is 3.02. The number of ether oxygens (including phenoxy) is 2. The van der Waals surface area contributed by atoms with Gasteiger partial charge in [-0.15, -0.1) is 11.3 Å². The van der Waals surface area contributed by atoms with Gasteiger partial charge in [-0.25, -0.2) is 4.99 Å². The van der Waals surface area contributed by atoms with Crippen molar-refractivity contribution in [3.05, 3.63) is 44.6 Å². The van der Waals surface area contributed by atoms with E-state index in [1.807, 2.05) is 18.2 Å². The van der Waals surface area contributed by atoms with Gasteiger partial charge in [0.1, 0.15) is 0 Å². The average molecular weight is 412 g/mol. The molecule has 0 aliphatic rings. The van der Waals surface area contributed by atoms with Crippen LogP contribution in [-0.2, 0) is 13.1 Å². The Morgan fingerprint density at radius 2 is 1.92 bits per heavy atom. The van der Waals surface area contributed by atoms with Crippen molar-refractivity contribution in [2.75, 3.05) is 20.8 Å². The Hall–Kier alpha value is -1.73. The standard InChI is InChI=1S/C17H22BrN3O2S/c1-4-19-17(21-11-13-6-8-16(18)24-13)20-10-12-5-7-14(22-2)15(9-12)23-3/h5-9H,4,10-11H2,1-3H3,(H2,19,20,21). The molecule has 5 nitrogen and oxygen atoms in total. The van der Waals surface area contributed by atoms with E-state index in [0.29, 0.717) is 12.3 Å². The summed E-state index contributed by atoms with van der Waals surface area (Å²) in [5.74, 6) is 2.22. The van der Waals surface area contributed by atoms with Gasteiger partial charge in [0.15, 0.2) is 17.5 Å². The molecule has 0 bridgehead atoms. The van der Waals surface area contributed by atoms with Crippen LogP contribution in [0.3, 0.4) is 0 Å². The summed E-state index contributed by atoms with van der Waals surface area (Å²) in [5.41, 5.74) is 1.06. The molecule has 2 aromatic rings. The van der Waals surface area contributed by atoms with Crippen molar-refractivity contribution in [1.29, 1.82) is 0 Å². The van der Waals surface area contributed by atoms with Crippen molar-refractivity contribution < 1.29 is 9.47 Å². The zero-order valence-electron chi connectivity index (χ0n) is 14.1. The second-order valence-electron chi connectivity index (χ2n) is 4.94. The molecule has 0 saturated carbocycles. The van der Waals surface area contributed by atoms with Crippen molar-refractivity contribution in [1.82, 2.24) is 10.6 Å². The van der Waals surface area contributed by atoms with E-state index in [4.69, 9.17) is 9.47 Å². The normalized spacial score (nSPS) is 11.2. The fourth-order valence-electron chi connectivity index (χ4n) is 2.11. The van der Waals surface area contributed by atoms with Crippen LogP contribution in [0.5, 0.6) is 11.5 Å². The zero-order chi connectivity index (χ0) is 17.4. The highest BCUT2D eigenvalue weighted by molar-refractivity contribution is 9.11. The van der Waals surface area contributed by atoms with Crippen LogP contribution in [0.15, 0.2) is 39.1 Å². The number of aliphatic imine (C=N–C) groups is 1. The Morgan fingerprint density at radius 1 is 1.12 bits per heavy atom. The molecule has 0 radical (unpaired) electrons. The Bertz CT molecular complexity index is 688. The molecule has 130 valence electrons. The van der Waals surface area contributed by atoms with Crippen LogP contribution in [0.25, 0.3) is 0 Å². The van der Waals surface area contributed by atoms with Crippen molar-refractivity contribution in [3.63, 3.8) is 0 Å². The topological polar surface area (TPSA) is 54.9 Å². The van der Waals surface area contributed by atoms with Crippen LogP contribution in [0, 0.1) is 0 Å². The molecule has 1 aromatic carbocycles. The van der Waals surface area contributed by atoms with Crippen molar-refractivity contribution in [2.24, 2.45) is 4.99 Å². The summed E-state index contributed by atoms with van der Waals surface area (Å²) in [6.07, 6.45) is 0. The summed E-state index contributed by atoms with van der Waals surface area (Å²) in [6, 6.07) is 9.98. The Balaban J connectivity index is 2.02. The van der Waals surface area contributed by atoms with Crippen LogP contribution in [0.2, 0.25) is 0 Å². The molecule has 0 aliphatic heterocycles. The number of rotatable bonds is 7. The maximum atomic E-state index is 5.33. The molecular formula is C17H22BrN3O2S. The number of methoxy groups -OCH3 is 2. The number of halogens is 1. The van der Waals surface area contributed by atoms with E-state index in [2.05, 4.69) is 50.6 Å². The molecule has 0 saturated heterocycles. The molecule has 0 fully saturated rings. The highest BCUT2D eigenvalue weighted by Crippen LogP contribution is 2.27. The third-order valence-corrected chi connectivity index (χ3v) is 4.89. The van der Waals surface area contributed by atoms with Gasteiger partial charge >= 0.3 is 0 Å². The lowest BCUT2D eigenvalue weighted by molar-refractivity contribution is 0.354. The first-order chi connectivity index (χ1) is 11.7. The SMILES string of the molecule is CCNC(=NCc1ccc(OC)c(OC)c1)NCc1ccc(Br)s1. The number of guanidine groups is 1. The van der Waals surface area contributed by atoms with Crippen molar-refractivity contribution in [2.45, 2.75) is 20.0 Å². The molecule has 2 N–H and O–H groups in total. The molecule has 0 atom stereocenters. The zero-order valence-corrected chi connectivity index (χ0v) is 16.5. The fourth-order valence-corrected chi connectivity index (χ4v) is 3.53. The van der Waals surface area contributed by atoms with E-state index in [1.165, 1.54) is 4.88 Å². The predicted octanol–water partition coefficient (Wildman–Crippen LogP) is 3.78. The second-order valence-corrected chi connectivity index (χ2v) is 7.49. The maximum Gasteiger partial charge on any atom is 0.191 e. The fraction of sp³-hybridized carbons (Fsp3) is 0.353. The predicted molar refractivity (Wildman–Crippen MR) is 103 cm³/mol. The van der Waals surface area contributed by atoms with Crippen LogP contribution in [0.1, 0.15) is 17.4 Å². The Morgan fingerprint density at radius 3 is 2.54 bits per heavy atom.